The minimum absolute atomic E-state index is 0.0865. The summed E-state index contributed by atoms with van der Waals surface area (Å²) in [6, 6.07) is 19.7. The van der Waals surface area contributed by atoms with E-state index in [2.05, 4.69) is 10.0 Å². The first kappa shape index (κ1) is 21.6. The largest absolute Gasteiger partial charge is 0.346 e. The van der Waals surface area contributed by atoms with Gasteiger partial charge in [-0.05, 0) is 68.1 Å². The number of aryl methyl sites for hydroxylation is 3. The molecule has 156 valence electrons. The smallest absolute Gasteiger partial charge is 0.262 e. The molecule has 0 aromatic heterocycles. The number of hydrogen-bond acceptors (Lipinski definition) is 3. The fourth-order valence-corrected chi connectivity index (χ4v) is 4.57. The average Bonchev–Trinajstić information content (AvgIpc) is 2.71. The van der Waals surface area contributed by atoms with E-state index in [0.717, 1.165) is 16.7 Å². The molecular weight excluding hydrogens is 396 g/mol. The van der Waals surface area contributed by atoms with Gasteiger partial charge < -0.3 is 5.32 Å². The van der Waals surface area contributed by atoms with E-state index in [4.69, 9.17) is 0 Å². The van der Waals surface area contributed by atoms with Crippen LogP contribution in [-0.4, -0.2) is 14.3 Å². The number of sulfonamides is 1. The molecule has 3 rings (SSSR count). The lowest BCUT2D eigenvalue weighted by Gasteiger charge is -2.16. The Kier molecular flexibility index (Phi) is 6.27. The minimum Gasteiger partial charge on any atom is -0.346 e. The number of rotatable bonds is 6. The highest BCUT2D eigenvalue weighted by molar-refractivity contribution is 7.92. The molecule has 0 aliphatic rings. The van der Waals surface area contributed by atoms with Gasteiger partial charge in [-0.15, -0.1) is 0 Å². The van der Waals surface area contributed by atoms with Gasteiger partial charge in [0.15, 0.2) is 0 Å². The van der Waals surface area contributed by atoms with Crippen molar-refractivity contribution in [3.05, 3.63) is 94.5 Å². The fraction of sp³-hybridized carbons (Fsp3) is 0.208. The van der Waals surface area contributed by atoms with Crippen LogP contribution in [0.4, 0.5) is 5.69 Å². The van der Waals surface area contributed by atoms with Gasteiger partial charge in [0.1, 0.15) is 0 Å². The van der Waals surface area contributed by atoms with E-state index < -0.39 is 10.0 Å². The van der Waals surface area contributed by atoms with Gasteiger partial charge in [-0.2, -0.15) is 0 Å². The van der Waals surface area contributed by atoms with Crippen molar-refractivity contribution in [1.82, 2.24) is 5.32 Å². The monoisotopic (exact) mass is 422 g/mol. The van der Waals surface area contributed by atoms with Crippen LogP contribution in [0.5, 0.6) is 0 Å². The van der Waals surface area contributed by atoms with Crippen LogP contribution in [0.1, 0.15) is 45.6 Å². The highest BCUT2D eigenvalue weighted by Crippen LogP contribution is 2.24. The van der Waals surface area contributed by atoms with Crippen LogP contribution in [0.15, 0.2) is 71.6 Å². The highest BCUT2D eigenvalue weighted by atomic mass is 32.2. The van der Waals surface area contributed by atoms with Crippen molar-refractivity contribution in [3.63, 3.8) is 0 Å². The number of carbonyl (C=O) groups is 1. The second-order valence-electron chi connectivity index (χ2n) is 7.51. The quantitative estimate of drug-likeness (QED) is 0.593. The van der Waals surface area contributed by atoms with E-state index in [0.29, 0.717) is 16.8 Å². The predicted octanol–water partition coefficient (Wildman–Crippen LogP) is 4.90. The first-order chi connectivity index (χ1) is 14.2. The van der Waals surface area contributed by atoms with Crippen LogP contribution in [0.2, 0.25) is 0 Å². The molecule has 0 unspecified atom stereocenters. The molecule has 0 saturated carbocycles. The second-order valence-corrected chi connectivity index (χ2v) is 9.16. The summed E-state index contributed by atoms with van der Waals surface area (Å²) in [5.74, 6) is -0.325. The Balaban J connectivity index is 1.87. The minimum atomic E-state index is -3.85. The molecule has 0 heterocycles. The van der Waals surface area contributed by atoms with E-state index in [1.165, 1.54) is 6.07 Å². The first-order valence-corrected chi connectivity index (χ1v) is 11.2. The normalized spacial score (nSPS) is 12.3. The van der Waals surface area contributed by atoms with E-state index in [1.54, 1.807) is 25.1 Å². The molecule has 2 N–H and O–H groups in total. The zero-order valence-electron chi connectivity index (χ0n) is 17.6. The van der Waals surface area contributed by atoms with E-state index >= 15 is 0 Å². The van der Waals surface area contributed by atoms with Crippen LogP contribution in [0, 0.1) is 20.8 Å². The fourth-order valence-electron chi connectivity index (χ4n) is 3.18. The maximum atomic E-state index is 13.1. The van der Waals surface area contributed by atoms with Crippen LogP contribution in [-0.2, 0) is 10.0 Å². The number of carbonyl (C=O) groups excluding carboxylic acids is 1. The van der Waals surface area contributed by atoms with Gasteiger partial charge in [0.25, 0.3) is 15.9 Å². The molecule has 3 aromatic carbocycles. The van der Waals surface area contributed by atoms with Gasteiger partial charge in [0.2, 0.25) is 0 Å². The number of hydrogen-bond donors (Lipinski definition) is 2. The Bertz CT molecular complexity index is 1170. The summed E-state index contributed by atoms with van der Waals surface area (Å²) in [5.41, 5.74) is 4.15. The van der Waals surface area contributed by atoms with E-state index in [-0.39, 0.29) is 16.8 Å². The first-order valence-electron chi connectivity index (χ1n) is 9.74. The van der Waals surface area contributed by atoms with Crippen molar-refractivity contribution < 1.29 is 13.2 Å². The van der Waals surface area contributed by atoms with Crippen molar-refractivity contribution in [2.24, 2.45) is 0 Å². The summed E-state index contributed by atoms with van der Waals surface area (Å²) in [6.45, 7) is 7.35. The highest BCUT2D eigenvalue weighted by Gasteiger charge is 2.21. The van der Waals surface area contributed by atoms with Crippen LogP contribution in [0.3, 0.4) is 0 Å². The van der Waals surface area contributed by atoms with Gasteiger partial charge in [0, 0.05) is 5.56 Å². The number of amides is 1. The third kappa shape index (κ3) is 4.89. The Labute approximate surface area is 178 Å². The molecule has 3 aromatic rings. The zero-order valence-corrected chi connectivity index (χ0v) is 18.4. The molecule has 0 aliphatic carbocycles. The predicted molar refractivity (Wildman–Crippen MR) is 120 cm³/mol. The standard InChI is InChI=1S/C24H26N2O3S/c1-16-10-11-17(2)22(14-16)26-30(28,29)23-15-21(13-12-18(23)3)24(27)25-19(4)20-8-6-5-7-9-20/h5-15,19,26H,1-4H3,(H,25,27)/t19-/m0/s1. The molecule has 0 aliphatic heterocycles. The van der Waals surface area contributed by atoms with Crippen LogP contribution >= 0.6 is 0 Å². The Morgan fingerprint density at radius 1 is 0.867 bits per heavy atom. The summed E-state index contributed by atoms with van der Waals surface area (Å²) in [5, 5.41) is 2.92. The summed E-state index contributed by atoms with van der Waals surface area (Å²) < 4.78 is 28.8. The summed E-state index contributed by atoms with van der Waals surface area (Å²) in [7, 11) is -3.85. The molecule has 1 atom stereocenters. The molecule has 0 fully saturated rings. The Morgan fingerprint density at radius 3 is 2.23 bits per heavy atom. The average molecular weight is 423 g/mol. The SMILES string of the molecule is Cc1ccc(C)c(NS(=O)(=O)c2cc(C(=O)N[C@@H](C)c3ccccc3)ccc2C)c1. The van der Waals surface area contributed by atoms with Gasteiger partial charge in [-0.1, -0.05) is 48.5 Å². The molecule has 1 amide bonds. The zero-order chi connectivity index (χ0) is 21.9. The van der Waals surface area contributed by atoms with Crippen molar-refractivity contribution in [2.75, 3.05) is 4.72 Å². The molecule has 0 bridgehead atoms. The lowest BCUT2D eigenvalue weighted by atomic mass is 10.1. The maximum absolute atomic E-state index is 13.1. The van der Waals surface area contributed by atoms with Crippen molar-refractivity contribution in [2.45, 2.75) is 38.6 Å². The van der Waals surface area contributed by atoms with E-state index in [9.17, 15) is 13.2 Å². The molecule has 0 spiro atoms. The van der Waals surface area contributed by atoms with Crippen molar-refractivity contribution in [1.29, 1.82) is 0 Å². The molecule has 5 nitrogen and oxygen atoms in total. The second kappa shape index (κ2) is 8.71. The van der Waals surface area contributed by atoms with Crippen molar-refractivity contribution >= 4 is 21.6 Å². The van der Waals surface area contributed by atoms with Gasteiger partial charge in [0.05, 0.1) is 16.6 Å². The molecule has 0 saturated heterocycles. The third-order valence-electron chi connectivity index (χ3n) is 5.02. The van der Waals surface area contributed by atoms with Gasteiger partial charge in [-0.3, -0.25) is 9.52 Å². The molecular formula is C24H26N2O3S. The third-order valence-corrected chi connectivity index (χ3v) is 6.53. The summed E-state index contributed by atoms with van der Waals surface area (Å²) in [6.07, 6.45) is 0. The molecule has 0 radical (unpaired) electrons. The Morgan fingerprint density at radius 2 is 1.53 bits per heavy atom. The number of anilines is 1. The van der Waals surface area contributed by atoms with Crippen LogP contribution < -0.4 is 10.0 Å². The van der Waals surface area contributed by atoms with Gasteiger partial charge in [-0.25, -0.2) is 8.42 Å². The topological polar surface area (TPSA) is 75.3 Å². The lowest BCUT2D eigenvalue weighted by molar-refractivity contribution is 0.0939. The van der Waals surface area contributed by atoms with Crippen LogP contribution in [0.25, 0.3) is 0 Å². The maximum Gasteiger partial charge on any atom is 0.262 e. The van der Waals surface area contributed by atoms with E-state index in [1.807, 2.05) is 63.2 Å². The number of benzene rings is 3. The Hall–Kier alpha value is -3.12. The summed E-state index contributed by atoms with van der Waals surface area (Å²) >= 11 is 0. The summed E-state index contributed by atoms with van der Waals surface area (Å²) in [4.78, 5) is 12.8. The lowest BCUT2D eigenvalue weighted by Crippen LogP contribution is -2.27. The van der Waals surface area contributed by atoms with Crippen molar-refractivity contribution in [3.8, 4) is 0 Å². The van der Waals surface area contributed by atoms with Gasteiger partial charge >= 0.3 is 0 Å². The number of nitrogens with one attached hydrogen (secondary N) is 2. The molecule has 30 heavy (non-hydrogen) atoms. The molecule has 6 heteroatoms.